The van der Waals surface area contributed by atoms with Crippen molar-refractivity contribution >= 4 is 11.6 Å². The first-order chi connectivity index (χ1) is 9.49. The van der Waals surface area contributed by atoms with Crippen molar-refractivity contribution in [1.82, 2.24) is 9.97 Å². The first kappa shape index (κ1) is 13.6. The largest absolute Gasteiger partial charge is 0.375 e. The van der Waals surface area contributed by atoms with E-state index in [2.05, 4.69) is 33.6 Å². The van der Waals surface area contributed by atoms with Crippen LogP contribution in [0.5, 0.6) is 0 Å². The predicted molar refractivity (Wildman–Crippen MR) is 77.3 cm³/mol. The van der Waals surface area contributed by atoms with E-state index in [1.54, 1.807) is 26.6 Å². The third kappa shape index (κ3) is 2.13. The Morgan fingerprint density at radius 1 is 0.850 bits per heavy atom. The summed E-state index contributed by atoms with van der Waals surface area (Å²) in [5, 5.41) is 0. The lowest BCUT2D eigenvalue weighted by Gasteiger charge is -2.51. The standard InChI is InChI=1S/C14H22N4O2/c1-13(19-3)7-17(8-13)11-12(16-6-5-15-11)18-9-14(2,10-18)20-4/h5-6H,7-10H2,1-4H3. The summed E-state index contributed by atoms with van der Waals surface area (Å²) in [6, 6.07) is 0. The number of hydrogen-bond acceptors (Lipinski definition) is 6. The number of ether oxygens (including phenoxy) is 2. The van der Waals surface area contributed by atoms with Crippen molar-refractivity contribution in [2.75, 3.05) is 50.2 Å². The highest BCUT2D eigenvalue weighted by atomic mass is 16.5. The van der Waals surface area contributed by atoms with Crippen LogP contribution in [0, 0.1) is 0 Å². The molecule has 6 heteroatoms. The van der Waals surface area contributed by atoms with Crippen molar-refractivity contribution in [3.63, 3.8) is 0 Å². The summed E-state index contributed by atoms with van der Waals surface area (Å²) in [7, 11) is 3.52. The molecule has 2 fully saturated rings. The highest BCUT2D eigenvalue weighted by Crippen LogP contribution is 2.37. The van der Waals surface area contributed by atoms with Gasteiger partial charge in [-0.05, 0) is 13.8 Å². The van der Waals surface area contributed by atoms with Crippen molar-refractivity contribution in [1.29, 1.82) is 0 Å². The first-order valence-corrected chi connectivity index (χ1v) is 6.90. The Labute approximate surface area is 119 Å². The zero-order valence-corrected chi connectivity index (χ0v) is 12.6. The maximum Gasteiger partial charge on any atom is 0.172 e. The van der Waals surface area contributed by atoms with Crippen molar-refractivity contribution in [3.8, 4) is 0 Å². The van der Waals surface area contributed by atoms with Crippen LogP contribution in [0.15, 0.2) is 12.4 Å². The Bertz CT molecular complexity index is 451. The number of nitrogens with zero attached hydrogens (tertiary/aromatic N) is 4. The van der Waals surface area contributed by atoms with Crippen molar-refractivity contribution in [2.24, 2.45) is 0 Å². The molecule has 2 saturated heterocycles. The summed E-state index contributed by atoms with van der Waals surface area (Å²) in [5.74, 6) is 1.89. The van der Waals surface area contributed by atoms with E-state index in [1.807, 2.05) is 0 Å². The molecule has 20 heavy (non-hydrogen) atoms. The predicted octanol–water partition coefficient (Wildman–Crippen LogP) is 0.927. The van der Waals surface area contributed by atoms with E-state index in [1.165, 1.54) is 0 Å². The lowest BCUT2D eigenvalue weighted by atomic mass is 9.95. The molecule has 0 bridgehead atoms. The highest BCUT2D eigenvalue weighted by molar-refractivity contribution is 5.65. The van der Waals surface area contributed by atoms with Gasteiger partial charge in [0.1, 0.15) is 0 Å². The number of rotatable bonds is 4. The molecule has 1 aromatic heterocycles. The van der Waals surface area contributed by atoms with Crippen LogP contribution < -0.4 is 9.80 Å². The molecule has 0 aliphatic carbocycles. The SMILES string of the molecule is COC1(C)CN(c2nccnc2N2CC(C)(OC)C2)C1. The van der Waals surface area contributed by atoms with Crippen molar-refractivity contribution < 1.29 is 9.47 Å². The van der Waals surface area contributed by atoms with Crippen LogP contribution in [0.1, 0.15) is 13.8 Å². The Balaban J connectivity index is 1.74. The molecule has 1 aromatic rings. The normalized spacial score (nSPS) is 23.2. The average Bonchev–Trinajstić information content (AvgIpc) is 2.40. The second-order valence-corrected chi connectivity index (χ2v) is 6.22. The van der Waals surface area contributed by atoms with Crippen molar-refractivity contribution in [2.45, 2.75) is 25.0 Å². The van der Waals surface area contributed by atoms with Gasteiger partial charge in [-0.15, -0.1) is 0 Å². The number of anilines is 2. The quantitative estimate of drug-likeness (QED) is 0.816. The van der Waals surface area contributed by atoms with Crippen LogP contribution in [0.3, 0.4) is 0 Å². The maximum absolute atomic E-state index is 5.49. The monoisotopic (exact) mass is 278 g/mol. The highest BCUT2D eigenvalue weighted by Gasteiger charge is 2.44. The summed E-state index contributed by atoms with van der Waals surface area (Å²) >= 11 is 0. The molecule has 0 aromatic carbocycles. The van der Waals surface area contributed by atoms with Crippen LogP contribution >= 0.6 is 0 Å². The van der Waals surface area contributed by atoms with Gasteiger partial charge in [0.2, 0.25) is 0 Å². The van der Waals surface area contributed by atoms with Crippen LogP contribution in [0.2, 0.25) is 0 Å². The lowest BCUT2D eigenvalue weighted by molar-refractivity contribution is -0.0197. The average molecular weight is 278 g/mol. The topological polar surface area (TPSA) is 50.7 Å². The minimum absolute atomic E-state index is 0.0647. The summed E-state index contributed by atoms with van der Waals surface area (Å²) < 4.78 is 11.0. The minimum atomic E-state index is -0.0647. The zero-order chi connectivity index (χ0) is 14.4. The summed E-state index contributed by atoms with van der Waals surface area (Å²) in [4.78, 5) is 13.4. The van der Waals surface area contributed by atoms with E-state index >= 15 is 0 Å². The van der Waals surface area contributed by atoms with E-state index in [4.69, 9.17) is 9.47 Å². The molecule has 0 unspecified atom stereocenters. The minimum Gasteiger partial charge on any atom is -0.375 e. The van der Waals surface area contributed by atoms with E-state index in [9.17, 15) is 0 Å². The van der Waals surface area contributed by atoms with Gasteiger partial charge in [0.05, 0.1) is 37.4 Å². The number of aromatic nitrogens is 2. The zero-order valence-electron chi connectivity index (χ0n) is 12.6. The molecule has 6 nitrogen and oxygen atoms in total. The molecule has 2 aliphatic heterocycles. The third-order valence-corrected chi connectivity index (χ3v) is 4.35. The van der Waals surface area contributed by atoms with Gasteiger partial charge in [-0.3, -0.25) is 0 Å². The third-order valence-electron chi connectivity index (χ3n) is 4.35. The van der Waals surface area contributed by atoms with Crippen LogP contribution in [-0.4, -0.2) is 61.6 Å². The molecule has 0 atom stereocenters. The van der Waals surface area contributed by atoms with Gasteiger partial charge in [-0.2, -0.15) is 0 Å². The fraction of sp³-hybridized carbons (Fsp3) is 0.714. The summed E-state index contributed by atoms with van der Waals surface area (Å²) in [6.07, 6.45) is 3.49. The Hall–Kier alpha value is -1.40. The molecule has 0 spiro atoms. The smallest absolute Gasteiger partial charge is 0.172 e. The fourth-order valence-electron chi connectivity index (χ4n) is 2.85. The van der Waals surface area contributed by atoms with Gasteiger partial charge in [-0.25, -0.2) is 9.97 Å². The molecule has 0 N–H and O–H groups in total. The molecule has 0 amide bonds. The molecular formula is C14H22N4O2. The summed E-state index contributed by atoms with van der Waals surface area (Å²) in [5.41, 5.74) is -0.129. The first-order valence-electron chi connectivity index (χ1n) is 6.90. The molecule has 2 aliphatic rings. The Morgan fingerprint density at radius 3 is 1.50 bits per heavy atom. The molecular weight excluding hydrogens is 256 g/mol. The van der Waals surface area contributed by atoms with Gasteiger partial charge in [-0.1, -0.05) is 0 Å². The van der Waals surface area contributed by atoms with Crippen LogP contribution in [0.4, 0.5) is 11.6 Å². The van der Waals surface area contributed by atoms with E-state index in [0.29, 0.717) is 0 Å². The van der Waals surface area contributed by atoms with Crippen LogP contribution in [0.25, 0.3) is 0 Å². The summed E-state index contributed by atoms with van der Waals surface area (Å²) in [6.45, 7) is 7.64. The second kappa shape index (κ2) is 4.56. The molecule has 0 radical (unpaired) electrons. The van der Waals surface area contributed by atoms with E-state index in [0.717, 1.165) is 37.8 Å². The van der Waals surface area contributed by atoms with Gasteiger partial charge in [0.15, 0.2) is 11.6 Å². The lowest BCUT2D eigenvalue weighted by Crippen LogP contribution is -2.64. The Kier molecular flexibility index (Phi) is 3.10. The molecule has 3 rings (SSSR count). The fourth-order valence-corrected chi connectivity index (χ4v) is 2.85. The number of methoxy groups -OCH3 is 2. The van der Waals surface area contributed by atoms with Crippen LogP contribution in [-0.2, 0) is 9.47 Å². The molecule has 0 saturated carbocycles. The molecule has 110 valence electrons. The second-order valence-electron chi connectivity index (χ2n) is 6.22. The van der Waals surface area contributed by atoms with E-state index < -0.39 is 0 Å². The van der Waals surface area contributed by atoms with Gasteiger partial charge >= 0.3 is 0 Å². The molecule has 3 heterocycles. The van der Waals surface area contributed by atoms with Gasteiger partial charge < -0.3 is 19.3 Å². The maximum atomic E-state index is 5.49. The van der Waals surface area contributed by atoms with E-state index in [-0.39, 0.29) is 11.2 Å². The van der Waals surface area contributed by atoms with Gasteiger partial charge in [0.25, 0.3) is 0 Å². The van der Waals surface area contributed by atoms with Gasteiger partial charge in [0, 0.05) is 26.6 Å². The number of hydrogen-bond donors (Lipinski definition) is 0. The Morgan fingerprint density at radius 2 is 1.20 bits per heavy atom. The van der Waals surface area contributed by atoms with Crippen molar-refractivity contribution in [3.05, 3.63) is 12.4 Å².